The molecule has 1 aliphatic carbocycles. The van der Waals surface area contributed by atoms with Gasteiger partial charge in [0, 0.05) is 5.69 Å². The van der Waals surface area contributed by atoms with E-state index in [0.717, 1.165) is 12.1 Å². The molecule has 0 spiro atoms. The number of hydrogen-bond acceptors (Lipinski definition) is 19. The highest BCUT2D eigenvalue weighted by atomic mass is 35.5. The maximum absolute atomic E-state index is 13.9. The Hall–Kier alpha value is -5.48. The third-order valence-electron chi connectivity index (χ3n) is 7.21. The number of carbonyl (C=O) groups excluding carboxylic acids is 1. The van der Waals surface area contributed by atoms with E-state index in [1.807, 2.05) is 5.43 Å². The highest BCUT2D eigenvalue weighted by molar-refractivity contribution is 7.91. The molecule has 0 aliphatic heterocycles. The van der Waals surface area contributed by atoms with Crippen LogP contribution in [0.2, 0.25) is 5.02 Å². The monoisotopic (exact) mass is 930 g/mol. The van der Waals surface area contributed by atoms with E-state index in [1.54, 1.807) is 0 Å². The molecule has 1 aliphatic rings. The Morgan fingerprint density at radius 1 is 0.724 bits per heavy atom. The highest BCUT2D eigenvalue weighted by Gasteiger charge is 2.37. The van der Waals surface area contributed by atoms with Crippen molar-refractivity contribution in [1.29, 1.82) is 0 Å². The number of hydrogen-bond donors (Lipinski definition) is 8. The fourth-order valence-electron chi connectivity index (χ4n) is 4.81. The van der Waals surface area contributed by atoms with Gasteiger partial charge in [-0.25, -0.2) is 0 Å². The van der Waals surface area contributed by atoms with Gasteiger partial charge in [-0.1, -0.05) is 11.6 Å². The zero-order chi connectivity index (χ0) is 43.5. The molecule has 0 unspecified atom stereocenters. The fourth-order valence-corrected chi connectivity index (χ4v) is 7.99. The zero-order valence-electron chi connectivity index (χ0n) is 27.3. The Labute approximate surface area is 327 Å². The maximum atomic E-state index is 13.9. The smallest absolute Gasteiger partial charge is 0.313 e. The minimum atomic E-state index is -5.56. The number of nitrogens with one attached hydrogen (secondary N) is 2. The second kappa shape index (κ2) is 15.0. The van der Waals surface area contributed by atoms with Crippen LogP contribution in [-0.4, -0.2) is 86.3 Å². The number of ketones is 1. The molecule has 0 radical (unpaired) electrons. The van der Waals surface area contributed by atoms with Gasteiger partial charge in [-0.15, -0.1) is 10.2 Å². The number of allylic oxidation sites excluding steroid dienone is 1. The second-order valence-corrected chi connectivity index (χ2v) is 18.4. The van der Waals surface area contributed by atoms with Crippen LogP contribution in [0.5, 0.6) is 0 Å². The molecule has 0 saturated carbocycles. The second-order valence-electron chi connectivity index (χ2n) is 11.0. The van der Waals surface area contributed by atoms with Crippen LogP contribution in [0.3, 0.4) is 0 Å². The molecule has 0 amide bonds. The van der Waals surface area contributed by atoms with Crippen molar-refractivity contribution in [2.24, 2.45) is 15.3 Å². The molecule has 0 saturated heterocycles. The van der Waals surface area contributed by atoms with Crippen molar-refractivity contribution in [1.82, 2.24) is 9.97 Å². The number of fused-ring (bicyclic) bond motifs is 1. The first-order chi connectivity index (χ1) is 26.5. The van der Waals surface area contributed by atoms with Crippen molar-refractivity contribution in [3.05, 3.63) is 75.5 Å². The molecule has 1 heterocycles. The molecule has 32 heteroatoms. The summed E-state index contributed by atoms with van der Waals surface area (Å²) in [6.45, 7) is 0. The van der Waals surface area contributed by atoms with Crippen molar-refractivity contribution in [3.63, 3.8) is 0 Å². The largest absolute Gasteiger partial charge is 0.396 e. The minimum Gasteiger partial charge on any atom is -0.396 e. The molecule has 1 aromatic heterocycles. The Morgan fingerprint density at radius 2 is 1.33 bits per heavy atom. The first-order valence-electron chi connectivity index (χ1n) is 14.3. The number of benzene rings is 3. The van der Waals surface area contributed by atoms with E-state index in [1.165, 1.54) is 0 Å². The summed E-state index contributed by atoms with van der Waals surface area (Å²) >= 11 is 5.73. The molecule has 3 aromatic carbocycles. The molecule has 0 bridgehead atoms. The average molecular weight is 931 g/mol. The number of azo groups is 1. The number of rotatable bonds is 11. The number of halogens is 3. The lowest BCUT2D eigenvalue weighted by Crippen LogP contribution is -2.28. The average Bonchev–Trinajstić information content (AvgIpc) is 3.07. The van der Waals surface area contributed by atoms with Crippen LogP contribution in [-0.2, 0) is 50.6 Å². The van der Waals surface area contributed by atoms with Gasteiger partial charge in [-0.3, -0.25) is 33.0 Å². The summed E-state index contributed by atoms with van der Waals surface area (Å²) < 4.78 is 198. The third kappa shape index (κ3) is 9.12. The lowest BCUT2D eigenvalue weighted by Gasteiger charge is -2.20. The fraction of sp³-hybridized carbons (Fsp3) is 0. The number of aromatic nitrogens is 2. The van der Waals surface area contributed by atoms with Crippen LogP contribution in [0.4, 0.5) is 43.0 Å². The first-order valence-corrected chi connectivity index (χ1v) is 21.9. The SMILES string of the molecule is Nc1c(/N=N/c2cc(S(=O)(=O)O)ccc2S(=O)(=O)O)c(S(=O)(=O)O)cc2c1C(=O)/C(=N\Nc1cc(Nc3nc(F)nc(F)c3Cl)ccc1S(=O)(=O)O)C(S(=O)(=O)O)=C2. The van der Waals surface area contributed by atoms with Gasteiger partial charge in [0.2, 0.25) is 11.7 Å². The van der Waals surface area contributed by atoms with Gasteiger partial charge < -0.3 is 11.1 Å². The van der Waals surface area contributed by atoms with Gasteiger partial charge >= 0.3 is 6.08 Å². The zero-order valence-corrected chi connectivity index (χ0v) is 32.2. The molecule has 0 fully saturated rings. The number of nitrogens with two attached hydrogens (primary N) is 1. The predicted molar refractivity (Wildman–Crippen MR) is 192 cm³/mol. The molecule has 24 nitrogen and oxygen atoms in total. The number of anilines is 4. The highest BCUT2D eigenvalue weighted by Crippen LogP contribution is 2.42. The Kier molecular flexibility index (Phi) is 11.3. The lowest BCUT2D eigenvalue weighted by atomic mass is 9.92. The van der Waals surface area contributed by atoms with Crippen LogP contribution in [0.15, 0.2) is 82.3 Å². The normalized spacial score (nSPS) is 14.7. The topological polar surface area (TPSA) is 402 Å². The van der Waals surface area contributed by atoms with E-state index in [2.05, 4.69) is 30.6 Å². The van der Waals surface area contributed by atoms with Crippen molar-refractivity contribution < 1.29 is 78.4 Å². The Balaban J connectivity index is 1.71. The molecule has 0 atom stereocenters. The van der Waals surface area contributed by atoms with E-state index in [-0.39, 0.29) is 5.69 Å². The summed E-state index contributed by atoms with van der Waals surface area (Å²) in [7, 11) is -26.6. The van der Waals surface area contributed by atoms with Gasteiger partial charge in [0.1, 0.15) is 36.0 Å². The summed E-state index contributed by atoms with van der Waals surface area (Å²) in [6, 6.07) is 4.00. The van der Waals surface area contributed by atoms with Gasteiger partial charge in [-0.05, 0) is 54.1 Å². The number of Topliss-reactive ketones (excluding diaryl/α,β-unsaturated/α-hetero) is 1. The van der Waals surface area contributed by atoms with Crippen LogP contribution >= 0.6 is 11.6 Å². The quantitative estimate of drug-likeness (QED) is 0.0267. The van der Waals surface area contributed by atoms with E-state index in [9.17, 15) is 78.4 Å². The van der Waals surface area contributed by atoms with Crippen molar-refractivity contribution >= 4 is 114 Å². The lowest BCUT2D eigenvalue weighted by molar-refractivity contribution is 0.106. The van der Waals surface area contributed by atoms with E-state index in [0.29, 0.717) is 36.4 Å². The van der Waals surface area contributed by atoms with Crippen molar-refractivity contribution in [3.8, 4) is 0 Å². The van der Waals surface area contributed by atoms with E-state index in [4.69, 9.17) is 17.3 Å². The molecule has 4 aromatic rings. The minimum absolute atomic E-state index is 0.309. The third-order valence-corrected chi connectivity index (χ3v) is 11.9. The van der Waals surface area contributed by atoms with Crippen molar-refractivity contribution in [2.45, 2.75) is 19.6 Å². The number of carbonyl (C=O) groups is 1. The molecular weight excluding hydrogens is 914 g/mol. The first kappa shape index (κ1) is 43.6. The molecule has 308 valence electrons. The van der Waals surface area contributed by atoms with E-state index < -0.39 is 143 Å². The summed E-state index contributed by atoms with van der Waals surface area (Å²) in [6.07, 6.45) is -1.20. The number of nitrogen functional groups attached to an aromatic ring is 1. The molecule has 5 rings (SSSR count). The van der Waals surface area contributed by atoms with Crippen molar-refractivity contribution in [2.75, 3.05) is 16.5 Å². The number of nitrogens with zero attached hydrogens (tertiary/aromatic N) is 5. The Bertz CT molecular complexity index is 3170. The molecule has 58 heavy (non-hydrogen) atoms. The standard InChI is InChI=1S/C26H17ClF2N8O16S5/c27-19-24(28)32-26(29)33-25(19)31-10-1-3-14(55(42,43)44)12(7-10)34-37-22-17(58(51,52)53)6-9-5-16(57(48,49)50)21(20(30)18(9)23(22)38)36-35-13-8-11(54(39,40)41)2-4-15(13)56(45,46)47/h1-8,34H,30H2,(H,31,32,33)(H,39,40,41)(H,42,43,44)(H,45,46,47)(H,48,49,50)(H,51,52,53)/b36-35+,37-22-. The summed E-state index contributed by atoms with van der Waals surface area (Å²) in [4.78, 5) is 13.9. The number of hydrazone groups is 1. The van der Waals surface area contributed by atoms with Gasteiger partial charge in [0.15, 0.2) is 11.5 Å². The van der Waals surface area contributed by atoms with Crippen LogP contribution in [0.25, 0.3) is 6.08 Å². The van der Waals surface area contributed by atoms with Gasteiger partial charge in [-0.2, -0.15) is 65.9 Å². The van der Waals surface area contributed by atoms with Gasteiger partial charge in [0.05, 0.1) is 21.8 Å². The predicted octanol–water partition coefficient (Wildman–Crippen LogP) is 3.03. The summed E-state index contributed by atoms with van der Waals surface area (Å²) in [5.41, 5.74) is 0.415. The van der Waals surface area contributed by atoms with Crippen LogP contribution in [0, 0.1) is 12.0 Å². The Morgan fingerprint density at radius 3 is 1.90 bits per heavy atom. The summed E-state index contributed by atoms with van der Waals surface area (Å²) in [5.74, 6) is -3.85. The van der Waals surface area contributed by atoms with Crippen LogP contribution < -0.4 is 16.5 Å². The van der Waals surface area contributed by atoms with Crippen LogP contribution in [0.1, 0.15) is 15.9 Å². The molecular formula is C26H17ClF2N8O16S5. The van der Waals surface area contributed by atoms with Gasteiger partial charge in [0.25, 0.3) is 50.6 Å². The molecule has 9 N–H and O–H groups in total. The van der Waals surface area contributed by atoms with E-state index >= 15 is 0 Å². The maximum Gasteiger partial charge on any atom is 0.313 e. The summed E-state index contributed by atoms with van der Waals surface area (Å²) in [5, 5.41) is 11.8.